The molecule has 0 saturated carbocycles. The summed E-state index contributed by atoms with van der Waals surface area (Å²) in [7, 11) is -3.40. The molecule has 0 atom stereocenters. The highest BCUT2D eigenvalue weighted by atomic mass is 32.2. The Kier molecular flexibility index (Phi) is 3.68. The Hall–Kier alpha value is -0.620. The van der Waals surface area contributed by atoms with E-state index in [0.29, 0.717) is 13.1 Å². The van der Waals surface area contributed by atoms with Crippen LogP contribution in [0, 0.1) is 5.41 Å². The fourth-order valence-electron chi connectivity index (χ4n) is 2.86. The molecule has 2 saturated heterocycles. The second kappa shape index (κ2) is 4.74. The number of nitrogens with zero attached hydrogens (tertiary/aromatic N) is 1. The van der Waals surface area contributed by atoms with Crippen molar-refractivity contribution < 1.29 is 17.9 Å². The van der Waals surface area contributed by atoms with Crippen LogP contribution in [0.25, 0.3) is 0 Å². The van der Waals surface area contributed by atoms with Crippen LogP contribution in [-0.2, 0) is 19.4 Å². The van der Waals surface area contributed by atoms with Crippen molar-refractivity contribution in [3.8, 4) is 0 Å². The van der Waals surface area contributed by atoms with Gasteiger partial charge in [-0.2, -0.15) is 0 Å². The van der Waals surface area contributed by atoms with Gasteiger partial charge in [-0.05, 0) is 38.5 Å². The third-order valence-electron chi connectivity index (χ3n) is 4.72. The number of carbonyl (C=O) groups is 1. The summed E-state index contributed by atoms with van der Waals surface area (Å²) in [5, 5.41) is 0. The van der Waals surface area contributed by atoms with Crippen molar-refractivity contribution >= 4 is 15.7 Å². The molecule has 2 aliphatic heterocycles. The second-order valence-electron chi connectivity index (χ2n) is 6.37. The van der Waals surface area contributed by atoms with Gasteiger partial charge in [-0.25, -0.2) is 8.42 Å². The predicted octanol–water partition coefficient (Wildman–Crippen LogP) is 0.839. The smallest absolute Gasteiger partial charge is 0.243 e. The molecule has 0 aliphatic carbocycles. The lowest BCUT2D eigenvalue weighted by Crippen LogP contribution is -2.49. The van der Waals surface area contributed by atoms with E-state index >= 15 is 0 Å². The van der Waals surface area contributed by atoms with Gasteiger partial charge in [0.15, 0.2) is 9.84 Å². The van der Waals surface area contributed by atoms with Crippen molar-refractivity contribution in [1.82, 2.24) is 4.90 Å². The van der Waals surface area contributed by atoms with Crippen LogP contribution in [0.2, 0.25) is 0 Å². The number of hydrogen-bond acceptors (Lipinski definition) is 4. The van der Waals surface area contributed by atoms with Gasteiger partial charge in [0.1, 0.15) is 4.75 Å². The fraction of sp³-hybridized carbons (Fsp3) is 0.923. The van der Waals surface area contributed by atoms with Crippen molar-refractivity contribution in [2.75, 3.05) is 32.6 Å². The third-order valence-corrected chi connectivity index (χ3v) is 6.75. The van der Waals surface area contributed by atoms with Crippen molar-refractivity contribution in [1.29, 1.82) is 0 Å². The lowest BCUT2D eigenvalue weighted by atomic mass is 9.80. The summed E-state index contributed by atoms with van der Waals surface area (Å²) in [6.07, 6.45) is 4.03. The van der Waals surface area contributed by atoms with Crippen LogP contribution in [0.1, 0.15) is 33.1 Å². The first-order valence-electron chi connectivity index (χ1n) is 6.75. The molecule has 2 rings (SSSR count). The summed E-state index contributed by atoms with van der Waals surface area (Å²) in [6, 6.07) is 0. The van der Waals surface area contributed by atoms with Gasteiger partial charge < -0.3 is 9.64 Å². The van der Waals surface area contributed by atoms with Gasteiger partial charge in [0, 0.05) is 32.6 Å². The molecule has 2 fully saturated rings. The van der Waals surface area contributed by atoms with E-state index in [9.17, 15) is 13.2 Å². The minimum atomic E-state index is -3.40. The van der Waals surface area contributed by atoms with Gasteiger partial charge in [-0.1, -0.05) is 0 Å². The van der Waals surface area contributed by atoms with Gasteiger partial charge in [-0.3, -0.25) is 4.79 Å². The highest BCUT2D eigenvalue weighted by Gasteiger charge is 2.47. The van der Waals surface area contributed by atoms with E-state index < -0.39 is 14.6 Å². The molecule has 110 valence electrons. The quantitative estimate of drug-likeness (QED) is 0.755. The molecule has 5 nitrogen and oxygen atoms in total. The number of carbonyl (C=O) groups excluding carboxylic acids is 1. The molecule has 0 radical (unpaired) electrons. The van der Waals surface area contributed by atoms with Gasteiger partial charge in [0.2, 0.25) is 5.91 Å². The maximum Gasteiger partial charge on any atom is 0.243 e. The van der Waals surface area contributed by atoms with Gasteiger partial charge in [0.05, 0.1) is 0 Å². The van der Waals surface area contributed by atoms with Crippen LogP contribution in [0.4, 0.5) is 0 Å². The molecule has 1 spiro atoms. The number of likely N-dealkylation sites (tertiary alicyclic amines) is 1. The number of hydrogen-bond donors (Lipinski definition) is 0. The van der Waals surface area contributed by atoms with Crippen molar-refractivity contribution in [3.63, 3.8) is 0 Å². The number of sulfone groups is 1. The molecule has 6 heteroatoms. The molecule has 2 aliphatic rings. The second-order valence-corrected chi connectivity index (χ2v) is 8.94. The van der Waals surface area contributed by atoms with Crippen molar-refractivity contribution in [2.24, 2.45) is 5.41 Å². The lowest BCUT2D eigenvalue weighted by Gasteiger charge is -2.34. The summed E-state index contributed by atoms with van der Waals surface area (Å²) >= 11 is 0. The van der Waals surface area contributed by atoms with Crippen LogP contribution in [0.5, 0.6) is 0 Å². The first-order valence-corrected chi connectivity index (χ1v) is 8.64. The van der Waals surface area contributed by atoms with E-state index in [1.807, 2.05) is 0 Å². The maximum absolute atomic E-state index is 12.5. The van der Waals surface area contributed by atoms with E-state index in [2.05, 4.69) is 0 Å². The van der Waals surface area contributed by atoms with Crippen molar-refractivity contribution in [2.45, 2.75) is 37.9 Å². The van der Waals surface area contributed by atoms with E-state index in [4.69, 9.17) is 4.74 Å². The Balaban J connectivity index is 2.11. The van der Waals surface area contributed by atoms with Gasteiger partial charge in [-0.15, -0.1) is 0 Å². The molecular weight excluding hydrogens is 266 g/mol. The molecule has 1 amide bonds. The van der Waals surface area contributed by atoms with E-state index in [-0.39, 0.29) is 11.3 Å². The molecule has 0 N–H and O–H groups in total. The van der Waals surface area contributed by atoms with Crippen LogP contribution in [0.15, 0.2) is 0 Å². The average molecular weight is 289 g/mol. The normalized spacial score (nSPS) is 23.8. The van der Waals surface area contributed by atoms with E-state index in [1.165, 1.54) is 13.8 Å². The Morgan fingerprint density at radius 3 is 2.32 bits per heavy atom. The van der Waals surface area contributed by atoms with Crippen LogP contribution in [0.3, 0.4) is 0 Å². The van der Waals surface area contributed by atoms with Crippen LogP contribution >= 0.6 is 0 Å². The first kappa shape index (κ1) is 14.8. The van der Waals surface area contributed by atoms with Crippen LogP contribution in [-0.4, -0.2) is 56.5 Å². The molecular formula is C13H23NO4S. The van der Waals surface area contributed by atoms with Crippen molar-refractivity contribution in [3.05, 3.63) is 0 Å². The summed E-state index contributed by atoms with van der Waals surface area (Å²) in [4.78, 5) is 14.2. The minimum absolute atomic E-state index is 0.154. The van der Waals surface area contributed by atoms with Crippen LogP contribution < -0.4 is 0 Å². The average Bonchev–Trinajstić information content (AvgIpc) is 2.71. The molecule has 19 heavy (non-hydrogen) atoms. The molecule has 0 unspecified atom stereocenters. The fourth-order valence-corrected chi connectivity index (χ4v) is 3.31. The highest BCUT2D eigenvalue weighted by molar-refractivity contribution is 7.92. The first-order chi connectivity index (χ1) is 8.68. The maximum atomic E-state index is 12.5. The summed E-state index contributed by atoms with van der Waals surface area (Å²) in [5.41, 5.74) is 0.154. The molecule has 0 aromatic heterocycles. The largest absolute Gasteiger partial charge is 0.381 e. The SMILES string of the molecule is CC(C)(C(=O)N1CCC2(CCOCC2)C1)S(C)(=O)=O. The Morgan fingerprint density at radius 1 is 1.21 bits per heavy atom. The standard InChI is InChI=1S/C13H23NO4S/c1-12(2,19(3,16)17)11(15)14-7-4-13(10-14)5-8-18-9-6-13/h4-10H2,1-3H3. The Morgan fingerprint density at radius 2 is 1.79 bits per heavy atom. The van der Waals surface area contributed by atoms with Gasteiger partial charge >= 0.3 is 0 Å². The lowest BCUT2D eigenvalue weighted by molar-refractivity contribution is -0.132. The highest BCUT2D eigenvalue weighted by Crippen LogP contribution is 2.40. The van der Waals surface area contributed by atoms with E-state index in [0.717, 1.165) is 38.7 Å². The topological polar surface area (TPSA) is 63.7 Å². The number of ether oxygens (including phenoxy) is 1. The minimum Gasteiger partial charge on any atom is -0.381 e. The zero-order valence-corrected chi connectivity index (χ0v) is 12.8. The summed E-state index contributed by atoms with van der Waals surface area (Å²) in [6.45, 7) is 5.83. The predicted molar refractivity (Wildman–Crippen MR) is 72.6 cm³/mol. The Bertz CT molecular complexity index is 463. The van der Waals surface area contributed by atoms with Gasteiger partial charge in [0.25, 0.3) is 0 Å². The third kappa shape index (κ3) is 2.65. The monoisotopic (exact) mass is 289 g/mol. The number of amides is 1. The summed E-state index contributed by atoms with van der Waals surface area (Å²) in [5.74, 6) is -0.265. The molecule has 0 aromatic rings. The zero-order valence-electron chi connectivity index (χ0n) is 11.9. The molecule has 0 aromatic carbocycles. The zero-order chi connectivity index (χ0) is 14.3. The Labute approximate surface area is 115 Å². The molecule has 0 bridgehead atoms. The number of rotatable bonds is 2. The van der Waals surface area contributed by atoms with E-state index in [1.54, 1.807) is 4.90 Å². The summed E-state index contributed by atoms with van der Waals surface area (Å²) < 4.78 is 27.5. The molecule has 2 heterocycles.